The number of aliphatic hydroxyl groups is 1. The van der Waals surface area contributed by atoms with Crippen molar-refractivity contribution in [2.24, 2.45) is 5.92 Å². The maximum Gasteiger partial charge on any atom is 0.0682 e. The molecule has 4 nitrogen and oxygen atoms in total. The topological polar surface area (TPSA) is 30.0 Å². The van der Waals surface area contributed by atoms with Gasteiger partial charge < -0.3 is 5.11 Å². The Hall–Kier alpha value is -0.940. The molecule has 1 aromatic carbocycles. The van der Waals surface area contributed by atoms with Crippen LogP contribution in [0.4, 0.5) is 0 Å². The molecule has 3 aliphatic heterocycles. The molecule has 0 unspecified atom stereocenters. The van der Waals surface area contributed by atoms with Crippen molar-refractivity contribution < 1.29 is 5.11 Å². The molecule has 1 saturated carbocycles. The van der Waals surface area contributed by atoms with Gasteiger partial charge in [-0.15, -0.1) is 0 Å². The number of rotatable bonds is 5. The molecule has 0 bridgehead atoms. The number of hydrogen-bond donors (Lipinski definition) is 1. The molecule has 1 aliphatic carbocycles. The highest BCUT2D eigenvalue weighted by Gasteiger charge is 2.56. The predicted octanol–water partition coefficient (Wildman–Crippen LogP) is 1.44. The number of β-amino-alcohol motifs (C(OH)–C–C–N with tert-alkyl or cyclic N) is 1. The highest BCUT2D eigenvalue weighted by molar-refractivity contribution is 5.16. The van der Waals surface area contributed by atoms with E-state index in [1.807, 2.05) is 0 Å². The minimum atomic E-state index is -0.117. The standard InChI is InChI=1S/C21H31N3O/c25-20-10-19-12-22(9-8-17-4-2-1-3-5-17)14-21(24(19)13-20)15-23(16-21)11-18-6-7-18/h1-5,18-20,25H,6-16H2/t19-,20+/m0/s1. The molecule has 3 heterocycles. The van der Waals surface area contributed by atoms with Crippen LogP contribution >= 0.6 is 0 Å². The zero-order valence-corrected chi connectivity index (χ0v) is 15.2. The van der Waals surface area contributed by atoms with Gasteiger partial charge in [0.25, 0.3) is 0 Å². The van der Waals surface area contributed by atoms with Gasteiger partial charge in [0, 0.05) is 51.9 Å². The van der Waals surface area contributed by atoms with Crippen molar-refractivity contribution in [2.45, 2.75) is 43.4 Å². The third kappa shape index (κ3) is 3.25. The van der Waals surface area contributed by atoms with Gasteiger partial charge in [-0.3, -0.25) is 14.7 Å². The molecule has 4 heteroatoms. The third-order valence-electron chi connectivity index (χ3n) is 6.80. The molecular formula is C21H31N3O. The fourth-order valence-electron chi connectivity index (χ4n) is 5.48. The van der Waals surface area contributed by atoms with Gasteiger partial charge in [-0.2, -0.15) is 0 Å². The van der Waals surface area contributed by atoms with E-state index in [2.05, 4.69) is 45.0 Å². The maximum atomic E-state index is 10.3. The van der Waals surface area contributed by atoms with E-state index in [9.17, 15) is 5.11 Å². The van der Waals surface area contributed by atoms with Crippen LogP contribution in [0.25, 0.3) is 0 Å². The van der Waals surface area contributed by atoms with E-state index in [-0.39, 0.29) is 6.10 Å². The Labute approximate surface area is 151 Å². The predicted molar refractivity (Wildman–Crippen MR) is 99.6 cm³/mol. The monoisotopic (exact) mass is 341 g/mol. The molecule has 4 aliphatic rings. The molecule has 4 fully saturated rings. The zero-order chi connectivity index (χ0) is 16.9. The van der Waals surface area contributed by atoms with Crippen LogP contribution in [0.15, 0.2) is 30.3 Å². The lowest BCUT2D eigenvalue weighted by atomic mass is 9.83. The van der Waals surface area contributed by atoms with E-state index < -0.39 is 0 Å². The van der Waals surface area contributed by atoms with Gasteiger partial charge in [-0.25, -0.2) is 0 Å². The van der Waals surface area contributed by atoms with Crippen molar-refractivity contribution in [1.82, 2.24) is 14.7 Å². The first-order chi connectivity index (χ1) is 12.2. The molecule has 3 saturated heterocycles. The molecule has 2 atom stereocenters. The van der Waals surface area contributed by atoms with Crippen LogP contribution in [0.5, 0.6) is 0 Å². The van der Waals surface area contributed by atoms with Gasteiger partial charge in [0.15, 0.2) is 0 Å². The van der Waals surface area contributed by atoms with E-state index in [0.717, 1.165) is 38.4 Å². The van der Waals surface area contributed by atoms with Crippen molar-refractivity contribution in [2.75, 3.05) is 45.8 Å². The Morgan fingerprint density at radius 1 is 1.00 bits per heavy atom. The summed E-state index contributed by atoms with van der Waals surface area (Å²) in [4.78, 5) is 8.03. The van der Waals surface area contributed by atoms with Gasteiger partial charge in [0.2, 0.25) is 0 Å². The summed E-state index contributed by atoms with van der Waals surface area (Å²) in [6, 6.07) is 11.4. The lowest BCUT2D eigenvalue weighted by Crippen LogP contribution is -2.78. The second-order valence-electron chi connectivity index (χ2n) is 9.00. The van der Waals surface area contributed by atoms with E-state index in [4.69, 9.17) is 0 Å². The van der Waals surface area contributed by atoms with Gasteiger partial charge in [-0.05, 0) is 37.2 Å². The van der Waals surface area contributed by atoms with Gasteiger partial charge in [0.05, 0.1) is 11.6 Å². The number of piperazine rings is 1. The number of likely N-dealkylation sites (tertiary alicyclic amines) is 1. The average Bonchev–Trinajstić information content (AvgIpc) is 3.31. The molecule has 5 rings (SSSR count). The lowest BCUT2D eigenvalue weighted by Gasteiger charge is -2.61. The highest BCUT2D eigenvalue weighted by Crippen LogP contribution is 2.41. The normalized spacial score (nSPS) is 32.7. The summed E-state index contributed by atoms with van der Waals surface area (Å²) >= 11 is 0. The SMILES string of the molecule is O[C@@H]1C[C@H]2CN(CCc3ccccc3)CC3(CN(CC4CC4)C3)N2C1. The van der Waals surface area contributed by atoms with Crippen LogP contribution in [0.2, 0.25) is 0 Å². The van der Waals surface area contributed by atoms with Gasteiger partial charge in [0.1, 0.15) is 0 Å². The number of benzene rings is 1. The summed E-state index contributed by atoms with van der Waals surface area (Å²) in [6.45, 7) is 8.11. The summed E-state index contributed by atoms with van der Waals surface area (Å²) < 4.78 is 0. The number of aliphatic hydroxyl groups excluding tert-OH is 1. The molecule has 1 aromatic rings. The Kier molecular flexibility index (Phi) is 4.12. The first-order valence-electron chi connectivity index (χ1n) is 10.1. The molecule has 0 amide bonds. The van der Waals surface area contributed by atoms with Crippen LogP contribution in [0.3, 0.4) is 0 Å². The Morgan fingerprint density at radius 3 is 2.52 bits per heavy atom. The molecular weight excluding hydrogens is 310 g/mol. The summed E-state index contributed by atoms with van der Waals surface area (Å²) in [6.07, 6.45) is 4.87. The molecule has 0 aromatic heterocycles. The summed E-state index contributed by atoms with van der Waals surface area (Å²) in [5, 5.41) is 10.3. The molecule has 1 spiro atoms. The van der Waals surface area contributed by atoms with Crippen LogP contribution in [-0.4, -0.2) is 83.3 Å². The van der Waals surface area contributed by atoms with E-state index in [1.165, 1.54) is 44.6 Å². The van der Waals surface area contributed by atoms with Crippen molar-refractivity contribution in [1.29, 1.82) is 0 Å². The van der Waals surface area contributed by atoms with Crippen LogP contribution in [0, 0.1) is 5.92 Å². The third-order valence-corrected chi connectivity index (χ3v) is 6.80. The summed E-state index contributed by atoms with van der Waals surface area (Å²) in [7, 11) is 0. The average molecular weight is 341 g/mol. The largest absolute Gasteiger partial charge is 0.392 e. The quantitative estimate of drug-likeness (QED) is 0.878. The van der Waals surface area contributed by atoms with E-state index >= 15 is 0 Å². The molecule has 0 radical (unpaired) electrons. The fourth-order valence-corrected chi connectivity index (χ4v) is 5.48. The smallest absolute Gasteiger partial charge is 0.0682 e. The minimum absolute atomic E-state index is 0.117. The molecule has 136 valence electrons. The maximum absolute atomic E-state index is 10.3. The second kappa shape index (κ2) is 6.34. The first-order valence-corrected chi connectivity index (χ1v) is 10.1. The lowest BCUT2D eigenvalue weighted by molar-refractivity contribution is -0.114. The number of fused-ring (bicyclic) bond motifs is 2. The van der Waals surface area contributed by atoms with Gasteiger partial charge in [-0.1, -0.05) is 30.3 Å². The van der Waals surface area contributed by atoms with Crippen molar-refractivity contribution in [3.8, 4) is 0 Å². The second-order valence-corrected chi connectivity index (χ2v) is 9.00. The minimum Gasteiger partial charge on any atom is -0.392 e. The Morgan fingerprint density at radius 2 is 1.76 bits per heavy atom. The van der Waals surface area contributed by atoms with Crippen molar-refractivity contribution in [3.05, 3.63) is 35.9 Å². The Balaban J connectivity index is 1.25. The van der Waals surface area contributed by atoms with Crippen molar-refractivity contribution in [3.63, 3.8) is 0 Å². The van der Waals surface area contributed by atoms with Crippen molar-refractivity contribution >= 4 is 0 Å². The number of hydrogen-bond acceptors (Lipinski definition) is 4. The first kappa shape index (κ1) is 16.2. The van der Waals surface area contributed by atoms with E-state index in [1.54, 1.807) is 0 Å². The van der Waals surface area contributed by atoms with E-state index in [0.29, 0.717) is 11.6 Å². The Bertz CT molecular complexity index is 596. The zero-order valence-electron chi connectivity index (χ0n) is 15.2. The van der Waals surface area contributed by atoms with Crippen LogP contribution in [-0.2, 0) is 6.42 Å². The summed E-state index contributed by atoms with van der Waals surface area (Å²) in [5.41, 5.74) is 1.75. The fraction of sp³-hybridized carbons (Fsp3) is 0.714. The summed E-state index contributed by atoms with van der Waals surface area (Å²) in [5.74, 6) is 0.982. The molecule has 25 heavy (non-hydrogen) atoms. The number of nitrogens with zero attached hydrogens (tertiary/aromatic N) is 3. The van der Waals surface area contributed by atoms with Crippen LogP contribution < -0.4 is 0 Å². The van der Waals surface area contributed by atoms with Crippen LogP contribution in [0.1, 0.15) is 24.8 Å². The highest BCUT2D eigenvalue weighted by atomic mass is 16.3. The van der Waals surface area contributed by atoms with Gasteiger partial charge >= 0.3 is 0 Å². The molecule has 1 N–H and O–H groups in total.